The average Bonchev–Trinajstić information content (AvgIpc) is 3.30. The third-order valence-corrected chi connectivity index (χ3v) is 5.28. The molecule has 0 amide bonds. The van der Waals surface area contributed by atoms with Crippen molar-refractivity contribution in [2.24, 2.45) is 0 Å². The molecule has 0 aromatic carbocycles. The maximum Gasteiger partial charge on any atom is 0.435 e. The van der Waals surface area contributed by atoms with Gasteiger partial charge in [0, 0.05) is 17.2 Å². The number of aromatic nitrogens is 5. The van der Waals surface area contributed by atoms with Crippen molar-refractivity contribution in [3.63, 3.8) is 0 Å². The van der Waals surface area contributed by atoms with E-state index in [1.54, 1.807) is 32.0 Å². The first kappa shape index (κ1) is 24.3. The lowest BCUT2D eigenvalue weighted by Gasteiger charge is -2.25. The molecule has 0 spiro atoms. The molecule has 4 rings (SSSR count). The predicted octanol–water partition coefficient (Wildman–Crippen LogP) is 6.23. The number of nitrogens with zero attached hydrogens (tertiary/aromatic N) is 5. The number of hydrogen-bond acceptors (Lipinski definition) is 4. The van der Waals surface area contributed by atoms with Crippen molar-refractivity contribution >= 4 is 0 Å². The van der Waals surface area contributed by atoms with Crippen LogP contribution in [0.5, 0.6) is 0 Å². The van der Waals surface area contributed by atoms with Crippen molar-refractivity contribution in [1.29, 1.82) is 0 Å². The Balaban J connectivity index is 1.74. The highest BCUT2D eigenvalue weighted by Gasteiger charge is 2.37. The molecule has 0 saturated heterocycles. The summed E-state index contributed by atoms with van der Waals surface area (Å²) in [6, 6.07) is 11.7. The van der Waals surface area contributed by atoms with Crippen LogP contribution in [0.25, 0.3) is 17.1 Å². The van der Waals surface area contributed by atoms with E-state index in [1.807, 2.05) is 0 Å². The van der Waals surface area contributed by atoms with Gasteiger partial charge in [0.05, 0.1) is 17.1 Å². The van der Waals surface area contributed by atoms with E-state index >= 15 is 0 Å². The second-order valence-corrected chi connectivity index (χ2v) is 8.09. The minimum Gasteiger partial charge on any atom is -0.252 e. The number of rotatable bonds is 4. The normalized spacial score (nSPS) is 12.7. The van der Waals surface area contributed by atoms with Crippen LogP contribution >= 0.6 is 0 Å². The summed E-state index contributed by atoms with van der Waals surface area (Å²) in [4.78, 5) is 11.8. The van der Waals surface area contributed by atoms with E-state index in [9.17, 15) is 30.7 Å². The lowest BCUT2D eigenvalue weighted by molar-refractivity contribution is -0.142. The van der Waals surface area contributed by atoms with Gasteiger partial charge in [-0.05, 0) is 56.3 Å². The molecule has 12 heteroatoms. The largest absolute Gasteiger partial charge is 0.435 e. The van der Waals surface area contributed by atoms with Gasteiger partial charge in [0.1, 0.15) is 0 Å². The molecule has 4 heterocycles. The van der Waals surface area contributed by atoms with E-state index in [-0.39, 0.29) is 11.5 Å². The highest BCUT2D eigenvalue weighted by atomic mass is 19.4. The van der Waals surface area contributed by atoms with Crippen LogP contribution < -0.4 is 0 Å². The SMILES string of the molecule is CC(C)(c1cccc(-c2ccc(F)nc2C(F)(F)F)n1)c1cccc(-n2ccc(C(F)(F)F)n2)n1. The van der Waals surface area contributed by atoms with Gasteiger partial charge in [0.25, 0.3) is 0 Å². The Hall–Kier alpha value is -3.83. The van der Waals surface area contributed by atoms with Crippen LogP contribution in [0.3, 0.4) is 0 Å². The Bertz CT molecular complexity index is 1370. The highest BCUT2D eigenvalue weighted by molar-refractivity contribution is 5.63. The van der Waals surface area contributed by atoms with E-state index in [1.165, 1.54) is 18.2 Å². The Morgan fingerprint density at radius 1 is 0.686 bits per heavy atom. The van der Waals surface area contributed by atoms with Crippen LogP contribution in [-0.2, 0) is 17.8 Å². The average molecular weight is 495 g/mol. The van der Waals surface area contributed by atoms with E-state index < -0.39 is 40.7 Å². The van der Waals surface area contributed by atoms with Crippen LogP contribution in [0.1, 0.15) is 36.6 Å². The van der Waals surface area contributed by atoms with Gasteiger partial charge in [-0.2, -0.15) is 35.8 Å². The van der Waals surface area contributed by atoms with Crippen LogP contribution in [0.15, 0.2) is 60.8 Å². The molecule has 35 heavy (non-hydrogen) atoms. The van der Waals surface area contributed by atoms with Gasteiger partial charge in [0.15, 0.2) is 17.2 Å². The molecule has 0 saturated carbocycles. The maximum atomic E-state index is 13.4. The maximum absolute atomic E-state index is 13.4. The molecule has 5 nitrogen and oxygen atoms in total. The number of halogens is 7. The van der Waals surface area contributed by atoms with E-state index in [4.69, 9.17) is 0 Å². The first-order valence-electron chi connectivity index (χ1n) is 10.1. The fourth-order valence-corrected chi connectivity index (χ4v) is 3.42. The monoisotopic (exact) mass is 495 g/mol. The summed E-state index contributed by atoms with van der Waals surface area (Å²) in [6.07, 6.45) is -8.39. The molecule has 0 bridgehead atoms. The number of pyridine rings is 3. The van der Waals surface area contributed by atoms with Gasteiger partial charge in [-0.15, -0.1) is 0 Å². The van der Waals surface area contributed by atoms with Gasteiger partial charge in [0.2, 0.25) is 5.95 Å². The van der Waals surface area contributed by atoms with Gasteiger partial charge < -0.3 is 0 Å². The highest BCUT2D eigenvalue weighted by Crippen LogP contribution is 2.37. The van der Waals surface area contributed by atoms with Crippen molar-refractivity contribution in [2.75, 3.05) is 0 Å². The zero-order chi connectivity index (χ0) is 25.6. The Labute approximate surface area is 194 Å². The quantitative estimate of drug-likeness (QED) is 0.249. The molecule has 0 aliphatic carbocycles. The zero-order valence-corrected chi connectivity index (χ0v) is 18.2. The van der Waals surface area contributed by atoms with Crippen LogP contribution in [-0.4, -0.2) is 24.7 Å². The fourth-order valence-electron chi connectivity index (χ4n) is 3.42. The molecule has 4 aromatic rings. The number of alkyl halides is 6. The molecular formula is C23H16F7N5. The Morgan fingerprint density at radius 2 is 1.34 bits per heavy atom. The topological polar surface area (TPSA) is 56.5 Å². The summed E-state index contributed by atoms with van der Waals surface area (Å²) in [7, 11) is 0. The molecule has 0 unspecified atom stereocenters. The summed E-state index contributed by atoms with van der Waals surface area (Å²) in [5.41, 5.74) is -3.21. The Kier molecular flexibility index (Phi) is 5.86. The van der Waals surface area contributed by atoms with Crippen molar-refractivity contribution in [1.82, 2.24) is 24.7 Å². The Morgan fingerprint density at radius 3 is 1.97 bits per heavy atom. The van der Waals surface area contributed by atoms with Crippen molar-refractivity contribution in [3.8, 4) is 17.1 Å². The minimum absolute atomic E-state index is 0.0755. The van der Waals surface area contributed by atoms with Crippen LogP contribution in [0.4, 0.5) is 30.7 Å². The van der Waals surface area contributed by atoms with Crippen LogP contribution in [0, 0.1) is 5.95 Å². The number of hydrogen-bond donors (Lipinski definition) is 0. The second kappa shape index (κ2) is 8.43. The van der Waals surface area contributed by atoms with Gasteiger partial charge in [-0.3, -0.25) is 4.98 Å². The van der Waals surface area contributed by atoms with Crippen LogP contribution in [0.2, 0.25) is 0 Å². The predicted molar refractivity (Wildman–Crippen MR) is 111 cm³/mol. The van der Waals surface area contributed by atoms with Crippen molar-refractivity contribution < 1.29 is 30.7 Å². The summed E-state index contributed by atoms with van der Waals surface area (Å²) >= 11 is 0. The molecule has 182 valence electrons. The lowest BCUT2D eigenvalue weighted by atomic mass is 9.84. The molecule has 0 fully saturated rings. The van der Waals surface area contributed by atoms with E-state index in [0.29, 0.717) is 11.4 Å². The molecular weight excluding hydrogens is 479 g/mol. The van der Waals surface area contributed by atoms with Gasteiger partial charge >= 0.3 is 12.4 Å². The minimum atomic E-state index is -4.90. The van der Waals surface area contributed by atoms with Crippen molar-refractivity contribution in [3.05, 3.63) is 89.5 Å². The van der Waals surface area contributed by atoms with Gasteiger partial charge in [-0.25, -0.2) is 14.6 Å². The van der Waals surface area contributed by atoms with Gasteiger partial charge in [-0.1, -0.05) is 12.1 Å². The third kappa shape index (κ3) is 4.86. The summed E-state index contributed by atoms with van der Waals surface area (Å²) in [6.45, 7) is 3.42. The van der Waals surface area contributed by atoms with Crippen molar-refractivity contribution in [2.45, 2.75) is 31.6 Å². The summed E-state index contributed by atoms with van der Waals surface area (Å²) in [5, 5.41) is 3.51. The summed E-state index contributed by atoms with van der Waals surface area (Å²) < 4.78 is 93.5. The summed E-state index contributed by atoms with van der Waals surface area (Å²) in [5.74, 6) is -1.16. The first-order valence-corrected chi connectivity index (χ1v) is 10.1. The molecule has 0 aliphatic rings. The second-order valence-electron chi connectivity index (χ2n) is 8.09. The molecule has 0 N–H and O–H groups in total. The molecule has 4 aromatic heterocycles. The molecule has 0 aliphatic heterocycles. The molecule has 0 radical (unpaired) electrons. The van der Waals surface area contributed by atoms with E-state index in [2.05, 4.69) is 20.1 Å². The lowest BCUT2D eigenvalue weighted by Crippen LogP contribution is -2.23. The first-order chi connectivity index (χ1) is 16.3. The smallest absolute Gasteiger partial charge is 0.252 e. The fraction of sp³-hybridized carbons (Fsp3) is 0.217. The zero-order valence-electron chi connectivity index (χ0n) is 18.2. The standard InChI is InChI=1S/C23H16F7N5/c1-21(2,16-7-4-8-19(32-16)35-12-11-17(34-35)22(25,26)27)15-6-3-5-14(31-15)13-9-10-18(24)33-20(13)23(28,29)30/h3-12H,1-2H3. The molecule has 0 atom stereocenters. The van der Waals surface area contributed by atoms with E-state index in [0.717, 1.165) is 29.1 Å². The third-order valence-electron chi connectivity index (χ3n) is 5.28.